The van der Waals surface area contributed by atoms with Gasteiger partial charge in [0.2, 0.25) is 0 Å². The topological polar surface area (TPSA) is 67.3 Å². The number of benzene rings is 12. The summed E-state index contributed by atoms with van der Waals surface area (Å²) in [7, 11) is 0. The zero-order valence-electron chi connectivity index (χ0n) is 42.2. The maximum absolute atomic E-state index is 12.8. The van der Waals surface area contributed by atoms with Crippen molar-refractivity contribution in [2.24, 2.45) is 0 Å². The van der Waals surface area contributed by atoms with E-state index in [1.807, 2.05) is 0 Å². The highest BCUT2D eigenvalue weighted by Gasteiger charge is 2.35. The van der Waals surface area contributed by atoms with Gasteiger partial charge in [-0.2, -0.15) is 10.5 Å². The second-order valence-electron chi connectivity index (χ2n) is 20.5. The van der Waals surface area contributed by atoms with Gasteiger partial charge < -0.3 is 18.3 Å². The zero-order chi connectivity index (χ0) is 52.0. The molecule has 0 radical (unpaired) electrons. The largest absolute Gasteiger partial charge is 0.306 e. The summed E-state index contributed by atoms with van der Waals surface area (Å²) in [5, 5.41) is 38.7. The van der Waals surface area contributed by atoms with Crippen molar-refractivity contribution in [3.05, 3.63) is 254 Å². The molecule has 0 atom stereocenters. The molecule has 364 valence electrons. The number of para-hydroxylation sites is 6. The maximum Gasteiger partial charge on any atom is 0.104 e. The molecule has 7 heteroatoms. The van der Waals surface area contributed by atoms with Crippen LogP contribution in [0.25, 0.3) is 152 Å². The number of nitrogens with zero attached hydrogens (tertiary/aromatic N) is 6. The number of aromatic nitrogens is 4. The van der Waals surface area contributed by atoms with Gasteiger partial charge in [0.1, 0.15) is 23.3 Å². The molecule has 17 rings (SSSR count). The molecule has 0 fully saturated rings. The molecule has 0 amide bonds. The van der Waals surface area contributed by atoms with Crippen molar-refractivity contribution in [3.63, 3.8) is 0 Å². The first-order chi connectivity index (χ1) is 39.2. The summed E-state index contributed by atoms with van der Waals surface area (Å²) in [6, 6.07) is 91.8. The van der Waals surface area contributed by atoms with Gasteiger partial charge in [-0.25, -0.2) is 0 Å². The number of hydrogen-bond acceptors (Lipinski definition) is 3. The van der Waals surface area contributed by atoms with Crippen molar-refractivity contribution >= 4 is 130 Å². The predicted octanol–water partition coefficient (Wildman–Crippen LogP) is 19.0. The van der Waals surface area contributed by atoms with Gasteiger partial charge in [0, 0.05) is 63.3 Å². The molecule has 0 saturated heterocycles. The summed E-state index contributed by atoms with van der Waals surface area (Å²) in [4.78, 5) is 0. The first-order valence-electron chi connectivity index (χ1n) is 26.6. The van der Waals surface area contributed by atoms with Gasteiger partial charge in [0.15, 0.2) is 0 Å². The molecule has 5 heterocycles. The Morgan fingerprint density at radius 3 is 1.13 bits per heavy atom. The van der Waals surface area contributed by atoms with Crippen molar-refractivity contribution in [1.29, 1.82) is 10.5 Å². The van der Waals surface area contributed by atoms with Crippen LogP contribution < -0.4 is 0 Å². The summed E-state index contributed by atoms with van der Waals surface area (Å²) in [6.45, 7) is 0. The number of hydrogen-bond donors (Lipinski definition) is 0. The number of fused-ring (bicyclic) bond motifs is 17. The first kappa shape index (κ1) is 43.5. The van der Waals surface area contributed by atoms with E-state index in [1.165, 1.54) is 30.9 Å². The van der Waals surface area contributed by atoms with E-state index in [4.69, 9.17) is 0 Å². The third-order valence-electron chi connectivity index (χ3n) is 16.6. The average molecular weight is 1020 g/mol. The molecule has 0 spiro atoms. The average Bonchev–Trinajstić information content (AvgIpc) is 3.03. The molecule has 0 aliphatic carbocycles. The summed E-state index contributed by atoms with van der Waals surface area (Å²) in [6.07, 6.45) is 0. The van der Waals surface area contributed by atoms with Crippen LogP contribution in [0.15, 0.2) is 243 Å². The molecule has 6 nitrogen and oxygen atoms in total. The molecule has 17 aromatic rings. The van der Waals surface area contributed by atoms with E-state index in [9.17, 15) is 10.5 Å². The highest BCUT2D eigenvalue weighted by Crippen LogP contribution is 2.51. The summed E-state index contributed by atoms with van der Waals surface area (Å²) < 4.78 is 11.5. The Balaban J connectivity index is 1.16. The Bertz CT molecular complexity index is 5440. The second kappa shape index (κ2) is 16.4. The van der Waals surface area contributed by atoms with Crippen LogP contribution in [0.4, 0.5) is 0 Å². The van der Waals surface area contributed by atoms with Crippen molar-refractivity contribution in [2.45, 2.75) is 0 Å². The summed E-state index contributed by atoms with van der Waals surface area (Å²) in [5.74, 6) is 0. The van der Waals surface area contributed by atoms with E-state index in [0.29, 0.717) is 33.9 Å². The zero-order valence-corrected chi connectivity index (χ0v) is 43.0. The van der Waals surface area contributed by atoms with Crippen LogP contribution in [0.2, 0.25) is 0 Å². The Kier molecular flexibility index (Phi) is 9.04. The van der Waals surface area contributed by atoms with E-state index in [1.54, 1.807) is 11.3 Å². The summed E-state index contributed by atoms with van der Waals surface area (Å²) >= 11 is 1.81. The maximum atomic E-state index is 12.8. The lowest BCUT2D eigenvalue weighted by Gasteiger charge is -2.27. The van der Waals surface area contributed by atoms with Crippen LogP contribution in [-0.2, 0) is 0 Å². The lowest BCUT2D eigenvalue weighted by atomic mass is 9.96. The van der Waals surface area contributed by atoms with Crippen LogP contribution in [0.3, 0.4) is 0 Å². The minimum Gasteiger partial charge on any atom is -0.306 e. The fourth-order valence-corrected chi connectivity index (χ4v) is 14.7. The van der Waals surface area contributed by atoms with Crippen molar-refractivity contribution in [2.75, 3.05) is 0 Å². The van der Waals surface area contributed by atoms with Crippen LogP contribution >= 0.6 is 11.3 Å². The Hall–Kier alpha value is -10.7. The second-order valence-corrected chi connectivity index (χ2v) is 21.6. The van der Waals surface area contributed by atoms with Crippen molar-refractivity contribution in [1.82, 2.24) is 18.3 Å². The third-order valence-corrected chi connectivity index (χ3v) is 17.8. The molecule has 0 aliphatic heterocycles. The van der Waals surface area contributed by atoms with Crippen LogP contribution in [0.1, 0.15) is 11.1 Å². The number of nitriles is 2. The van der Waals surface area contributed by atoms with Crippen molar-refractivity contribution < 1.29 is 0 Å². The minimum absolute atomic E-state index is 0.424. The van der Waals surface area contributed by atoms with E-state index in [-0.39, 0.29) is 0 Å². The molecule has 0 saturated carbocycles. The normalized spacial score (nSPS) is 12.0. The minimum atomic E-state index is 0.424. The summed E-state index contributed by atoms with van der Waals surface area (Å²) in [5.41, 5.74) is 13.0. The molecule has 0 unspecified atom stereocenters. The van der Waals surface area contributed by atoms with Gasteiger partial charge in [0.25, 0.3) is 0 Å². The van der Waals surface area contributed by atoms with E-state index < -0.39 is 0 Å². The lowest BCUT2D eigenvalue weighted by Crippen LogP contribution is -2.16. The standard InChI is InChI=1S/C72H40N6S/c73-41-56-68(75-58-29-10-3-21-47(58)48-22-4-11-30-59(48)75)69(76-60-31-12-5-23-49(60)50-24-6-13-32-61(50)76)57(42-74)71(70(56)77-62-33-14-7-25-51(62)52-26-8-15-34-63(52)77)78-64-38-36-44(46-28-17-19-43-18-1-2-20-45(43)46)40-55(64)67-65(78)39-37-54-53-27-9-16-35-66(53)79-72(54)67/h1-40H. The SMILES string of the molecule is N#Cc1c(-n2c3ccccc3c3ccccc32)c(-n2c3ccccc3c3ccccc32)c(C#N)c(-n2c3ccc(-c4cccc5ccccc45)cc3c3c4sc5ccccc5c4ccc32)c1-n1c2ccccc2c2ccccc21. The van der Waals surface area contributed by atoms with Gasteiger partial charge in [-0.1, -0.05) is 182 Å². The first-order valence-corrected chi connectivity index (χ1v) is 27.4. The van der Waals surface area contributed by atoms with Gasteiger partial charge in [0.05, 0.1) is 66.9 Å². The number of rotatable bonds is 5. The van der Waals surface area contributed by atoms with E-state index in [2.05, 4.69) is 273 Å². The van der Waals surface area contributed by atoms with Crippen LogP contribution in [0, 0.1) is 22.7 Å². The van der Waals surface area contributed by atoms with Crippen LogP contribution in [0.5, 0.6) is 0 Å². The predicted molar refractivity (Wildman–Crippen MR) is 329 cm³/mol. The molecule has 79 heavy (non-hydrogen) atoms. The molecule has 5 aromatic heterocycles. The smallest absolute Gasteiger partial charge is 0.104 e. The highest BCUT2D eigenvalue weighted by molar-refractivity contribution is 7.26. The van der Waals surface area contributed by atoms with Gasteiger partial charge in [-0.15, -0.1) is 11.3 Å². The Labute approximate surface area is 455 Å². The van der Waals surface area contributed by atoms with E-state index >= 15 is 0 Å². The van der Waals surface area contributed by atoms with E-state index in [0.717, 1.165) is 98.4 Å². The van der Waals surface area contributed by atoms with Crippen LogP contribution in [-0.4, -0.2) is 18.3 Å². The van der Waals surface area contributed by atoms with Crippen molar-refractivity contribution in [3.8, 4) is 46.0 Å². The molecule has 0 aliphatic rings. The van der Waals surface area contributed by atoms with Gasteiger partial charge in [-0.05, 0) is 82.6 Å². The molecular weight excluding hydrogens is 981 g/mol. The number of thiophene rings is 1. The lowest BCUT2D eigenvalue weighted by molar-refractivity contribution is 1.02. The molecular formula is C72H40N6S. The molecule has 0 bridgehead atoms. The molecule has 0 N–H and O–H groups in total. The monoisotopic (exact) mass is 1020 g/mol. The van der Waals surface area contributed by atoms with Gasteiger partial charge >= 0.3 is 0 Å². The highest BCUT2D eigenvalue weighted by atomic mass is 32.1. The quantitative estimate of drug-likeness (QED) is 0.172. The Morgan fingerprint density at radius 1 is 0.291 bits per heavy atom. The fourth-order valence-electron chi connectivity index (χ4n) is 13.4. The molecule has 12 aromatic carbocycles. The fraction of sp³-hybridized carbons (Fsp3) is 0. The Morgan fingerprint density at radius 2 is 0.658 bits per heavy atom. The van der Waals surface area contributed by atoms with Gasteiger partial charge in [-0.3, -0.25) is 0 Å². The third kappa shape index (κ3) is 5.86.